The molecule has 0 radical (unpaired) electrons. The van der Waals surface area contributed by atoms with Crippen molar-refractivity contribution in [3.8, 4) is 0 Å². The van der Waals surface area contributed by atoms with Gasteiger partial charge in [-0.1, -0.05) is 13.8 Å². The molecule has 6 heteroatoms. The second-order valence-electron chi connectivity index (χ2n) is 4.62. The first-order chi connectivity index (χ1) is 9.60. The van der Waals surface area contributed by atoms with Gasteiger partial charge in [-0.3, -0.25) is 4.79 Å². The maximum Gasteiger partial charge on any atom is 0.239 e. The number of anilines is 2. The van der Waals surface area contributed by atoms with Crippen LogP contribution < -0.4 is 15.5 Å². The molecule has 20 heavy (non-hydrogen) atoms. The van der Waals surface area contributed by atoms with Gasteiger partial charge in [0.2, 0.25) is 5.91 Å². The topological polar surface area (TPSA) is 70.2 Å². The summed E-state index contributed by atoms with van der Waals surface area (Å²) in [5.41, 5.74) is 0. The highest BCUT2D eigenvalue weighted by molar-refractivity contribution is 5.80. The van der Waals surface area contributed by atoms with Gasteiger partial charge >= 0.3 is 0 Å². The van der Waals surface area contributed by atoms with Crippen LogP contribution in [0.15, 0.2) is 6.07 Å². The van der Waals surface area contributed by atoms with Crippen molar-refractivity contribution >= 4 is 17.5 Å². The van der Waals surface area contributed by atoms with Gasteiger partial charge in [0.1, 0.15) is 17.5 Å². The molecule has 1 aromatic rings. The summed E-state index contributed by atoms with van der Waals surface area (Å²) in [6.07, 6.45) is 1.80. The van der Waals surface area contributed by atoms with Crippen LogP contribution in [0.4, 0.5) is 11.6 Å². The Morgan fingerprint density at radius 2 is 2.05 bits per heavy atom. The normalized spacial score (nSPS) is 10.2. The van der Waals surface area contributed by atoms with E-state index in [1.807, 2.05) is 31.9 Å². The lowest BCUT2D eigenvalue weighted by Gasteiger charge is -2.19. The molecule has 1 heterocycles. The molecule has 0 aliphatic carbocycles. The Balaban J connectivity index is 2.83. The molecule has 0 saturated heterocycles. The molecule has 0 saturated carbocycles. The number of aryl methyl sites for hydroxylation is 1. The van der Waals surface area contributed by atoms with Crippen LogP contribution in [-0.2, 0) is 11.2 Å². The number of likely N-dealkylation sites (N-methyl/N-ethyl adjacent to an activating group) is 2. The number of hydrogen-bond donors (Lipinski definition) is 2. The Hall–Kier alpha value is -1.85. The van der Waals surface area contributed by atoms with Gasteiger partial charge in [0.15, 0.2) is 0 Å². The van der Waals surface area contributed by atoms with E-state index in [4.69, 9.17) is 0 Å². The zero-order valence-corrected chi connectivity index (χ0v) is 12.9. The lowest BCUT2D eigenvalue weighted by atomic mass is 10.3. The van der Waals surface area contributed by atoms with E-state index in [0.717, 1.165) is 36.8 Å². The highest BCUT2D eigenvalue weighted by Gasteiger charge is 2.10. The summed E-state index contributed by atoms with van der Waals surface area (Å²) in [5, 5.41) is 6.05. The summed E-state index contributed by atoms with van der Waals surface area (Å²) in [7, 11) is 1.86. The Kier molecular flexibility index (Phi) is 6.76. The average Bonchev–Trinajstić information content (AvgIpc) is 2.44. The molecule has 0 unspecified atom stereocenters. The summed E-state index contributed by atoms with van der Waals surface area (Å²) in [6, 6.07) is 1.88. The van der Waals surface area contributed by atoms with E-state index in [2.05, 4.69) is 27.5 Å². The Bertz CT molecular complexity index is 436. The number of carbonyl (C=O) groups is 1. The van der Waals surface area contributed by atoms with Gasteiger partial charge in [-0.15, -0.1) is 0 Å². The minimum absolute atomic E-state index is 0.00488. The van der Waals surface area contributed by atoms with Gasteiger partial charge < -0.3 is 15.5 Å². The van der Waals surface area contributed by atoms with Crippen molar-refractivity contribution in [2.24, 2.45) is 0 Å². The largest absolute Gasteiger partial charge is 0.370 e. The highest BCUT2D eigenvalue weighted by Crippen LogP contribution is 2.15. The molecule has 6 nitrogen and oxygen atoms in total. The predicted octanol–water partition coefficient (Wildman–Crippen LogP) is 1.43. The molecule has 0 atom stereocenters. The standard InChI is InChI=1S/C14H25N5O/c1-5-8-16-12-9-13(18-11(6-2)17-12)19(4)10-14(20)15-7-3/h9H,5-8,10H2,1-4H3,(H,15,20)(H,16,17,18). The fourth-order valence-corrected chi connectivity index (χ4v) is 1.73. The zero-order chi connectivity index (χ0) is 15.0. The van der Waals surface area contributed by atoms with E-state index in [0.29, 0.717) is 13.1 Å². The monoisotopic (exact) mass is 279 g/mol. The Morgan fingerprint density at radius 3 is 2.65 bits per heavy atom. The van der Waals surface area contributed by atoms with Crippen LogP contribution in [0.5, 0.6) is 0 Å². The van der Waals surface area contributed by atoms with Crippen molar-refractivity contribution in [1.82, 2.24) is 15.3 Å². The zero-order valence-electron chi connectivity index (χ0n) is 12.9. The average molecular weight is 279 g/mol. The molecule has 2 N–H and O–H groups in total. The van der Waals surface area contributed by atoms with Crippen LogP contribution >= 0.6 is 0 Å². The van der Waals surface area contributed by atoms with Crippen LogP contribution in [0.3, 0.4) is 0 Å². The molecule has 0 aliphatic rings. The second-order valence-corrected chi connectivity index (χ2v) is 4.62. The summed E-state index contributed by atoms with van der Waals surface area (Å²) in [5.74, 6) is 2.36. The fraction of sp³-hybridized carbons (Fsp3) is 0.643. The number of nitrogens with zero attached hydrogens (tertiary/aromatic N) is 3. The van der Waals surface area contributed by atoms with E-state index >= 15 is 0 Å². The molecule has 112 valence electrons. The predicted molar refractivity (Wildman–Crippen MR) is 82.1 cm³/mol. The lowest BCUT2D eigenvalue weighted by molar-refractivity contribution is -0.119. The number of nitrogens with one attached hydrogen (secondary N) is 2. The van der Waals surface area contributed by atoms with E-state index in [-0.39, 0.29) is 5.91 Å². The van der Waals surface area contributed by atoms with Crippen molar-refractivity contribution < 1.29 is 4.79 Å². The number of carbonyl (C=O) groups excluding carboxylic acids is 1. The number of amides is 1. The van der Waals surface area contributed by atoms with Crippen molar-refractivity contribution in [1.29, 1.82) is 0 Å². The Labute approximate surface area is 121 Å². The summed E-state index contributed by atoms with van der Waals surface area (Å²) in [4.78, 5) is 22.4. The van der Waals surface area contributed by atoms with Gasteiger partial charge in [0.25, 0.3) is 0 Å². The number of aromatic nitrogens is 2. The lowest BCUT2D eigenvalue weighted by Crippen LogP contribution is -2.35. The molecule has 0 bridgehead atoms. The van der Waals surface area contributed by atoms with E-state index in [9.17, 15) is 4.79 Å². The van der Waals surface area contributed by atoms with Gasteiger partial charge in [-0.2, -0.15) is 0 Å². The van der Waals surface area contributed by atoms with Crippen molar-refractivity contribution in [3.05, 3.63) is 11.9 Å². The summed E-state index contributed by atoms with van der Waals surface area (Å²) < 4.78 is 0. The minimum Gasteiger partial charge on any atom is -0.370 e. The van der Waals surface area contributed by atoms with Gasteiger partial charge in [-0.05, 0) is 13.3 Å². The molecular weight excluding hydrogens is 254 g/mol. The van der Waals surface area contributed by atoms with Crippen LogP contribution in [-0.4, -0.2) is 42.6 Å². The van der Waals surface area contributed by atoms with Crippen molar-refractivity contribution in [3.63, 3.8) is 0 Å². The van der Waals surface area contributed by atoms with E-state index < -0.39 is 0 Å². The van der Waals surface area contributed by atoms with Crippen LogP contribution in [0.1, 0.15) is 33.0 Å². The Morgan fingerprint density at radius 1 is 1.30 bits per heavy atom. The van der Waals surface area contributed by atoms with Gasteiger partial charge in [0.05, 0.1) is 6.54 Å². The van der Waals surface area contributed by atoms with Crippen molar-refractivity contribution in [2.45, 2.75) is 33.6 Å². The second kappa shape index (κ2) is 8.35. The van der Waals surface area contributed by atoms with E-state index in [1.165, 1.54) is 0 Å². The smallest absolute Gasteiger partial charge is 0.239 e. The maximum atomic E-state index is 11.6. The van der Waals surface area contributed by atoms with Crippen LogP contribution in [0, 0.1) is 0 Å². The van der Waals surface area contributed by atoms with Crippen molar-refractivity contribution in [2.75, 3.05) is 36.9 Å². The fourth-order valence-electron chi connectivity index (χ4n) is 1.73. The van der Waals surface area contributed by atoms with Gasteiger partial charge in [-0.25, -0.2) is 9.97 Å². The molecule has 1 aromatic heterocycles. The third kappa shape index (κ3) is 5.03. The molecule has 0 spiro atoms. The highest BCUT2D eigenvalue weighted by atomic mass is 16.2. The molecule has 1 rings (SSSR count). The number of rotatable bonds is 8. The summed E-state index contributed by atoms with van der Waals surface area (Å²) in [6.45, 7) is 7.84. The molecule has 0 aliphatic heterocycles. The SMILES string of the molecule is CCCNc1cc(N(C)CC(=O)NCC)nc(CC)n1. The quantitative estimate of drug-likeness (QED) is 0.753. The molecule has 1 amide bonds. The first kappa shape index (κ1) is 16.2. The number of hydrogen-bond acceptors (Lipinski definition) is 5. The first-order valence-corrected chi connectivity index (χ1v) is 7.20. The van der Waals surface area contributed by atoms with Crippen LogP contribution in [0.2, 0.25) is 0 Å². The minimum atomic E-state index is -0.00488. The molecule has 0 aromatic carbocycles. The van der Waals surface area contributed by atoms with E-state index in [1.54, 1.807) is 0 Å². The molecular formula is C14H25N5O. The molecule has 0 fully saturated rings. The summed E-state index contributed by atoms with van der Waals surface area (Å²) >= 11 is 0. The van der Waals surface area contributed by atoms with Gasteiger partial charge in [0, 0.05) is 32.6 Å². The maximum absolute atomic E-state index is 11.6. The van der Waals surface area contributed by atoms with Crippen LogP contribution in [0.25, 0.3) is 0 Å². The third-order valence-corrected chi connectivity index (χ3v) is 2.78. The first-order valence-electron chi connectivity index (χ1n) is 7.20. The third-order valence-electron chi connectivity index (χ3n) is 2.78.